The number of hydrogen-bond donors (Lipinski definition) is 0. The maximum absolute atomic E-state index is 6.57. The van der Waals surface area contributed by atoms with Crippen LogP contribution in [0.5, 0.6) is 0 Å². The van der Waals surface area contributed by atoms with Gasteiger partial charge in [-0.05, 0) is 48.9 Å². The first-order valence-corrected chi connectivity index (χ1v) is 6.66. The van der Waals surface area contributed by atoms with Gasteiger partial charge in [-0.3, -0.25) is 0 Å². The van der Waals surface area contributed by atoms with Gasteiger partial charge < -0.3 is 0 Å². The van der Waals surface area contributed by atoms with E-state index in [-0.39, 0.29) is 5.38 Å². The molecule has 0 bridgehead atoms. The molecule has 0 aliphatic rings. The van der Waals surface area contributed by atoms with Crippen molar-refractivity contribution in [3.63, 3.8) is 0 Å². The lowest BCUT2D eigenvalue weighted by molar-refractivity contribution is 1.12. The molecular weight excluding hydrogens is 236 g/mol. The fourth-order valence-corrected chi connectivity index (χ4v) is 3.30. The largest absolute Gasteiger partial charge is 0.147 e. The van der Waals surface area contributed by atoms with Crippen molar-refractivity contribution in [3.05, 3.63) is 56.8 Å². The third-order valence-corrected chi connectivity index (χ3v) is 4.51. The Kier molecular flexibility index (Phi) is 3.36. The zero-order valence-corrected chi connectivity index (χ0v) is 11.3. The van der Waals surface area contributed by atoms with Gasteiger partial charge in [0.25, 0.3) is 0 Å². The predicted molar refractivity (Wildman–Crippen MR) is 72.7 cm³/mol. The molecule has 0 N–H and O–H groups in total. The van der Waals surface area contributed by atoms with E-state index in [1.54, 1.807) is 11.3 Å². The van der Waals surface area contributed by atoms with Crippen molar-refractivity contribution in [2.75, 3.05) is 0 Å². The molecule has 1 unspecified atom stereocenters. The van der Waals surface area contributed by atoms with E-state index in [0.717, 1.165) is 0 Å². The molecule has 2 aromatic rings. The standard InChI is InChI=1S/C14H15ClS/c1-9-4-5-10(2)12(8-9)13(15)14-11(3)6-7-16-14/h4-8,13H,1-3H3. The van der Waals surface area contributed by atoms with Crippen LogP contribution in [-0.2, 0) is 0 Å². The summed E-state index contributed by atoms with van der Waals surface area (Å²) in [7, 11) is 0. The smallest absolute Gasteiger partial charge is 0.0933 e. The highest BCUT2D eigenvalue weighted by molar-refractivity contribution is 7.10. The van der Waals surface area contributed by atoms with Crippen LogP contribution in [0.15, 0.2) is 29.6 Å². The summed E-state index contributed by atoms with van der Waals surface area (Å²) in [6.07, 6.45) is 0. The molecule has 0 aliphatic heterocycles. The van der Waals surface area contributed by atoms with Gasteiger partial charge in [0.15, 0.2) is 0 Å². The third kappa shape index (κ3) is 2.16. The Morgan fingerprint density at radius 2 is 1.81 bits per heavy atom. The van der Waals surface area contributed by atoms with Crippen LogP contribution in [0.25, 0.3) is 0 Å². The molecule has 0 fully saturated rings. The van der Waals surface area contributed by atoms with Crippen LogP contribution in [0.2, 0.25) is 0 Å². The lowest BCUT2D eigenvalue weighted by Gasteiger charge is -2.13. The molecule has 0 nitrogen and oxygen atoms in total. The molecule has 1 atom stereocenters. The monoisotopic (exact) mass is 250 g/mol. The van der Waals surface area contributed by atoms with Crippen molar-refractivity contribution in [3.8, 4) is 0 Å². The van der Waals surface area contributed by atoms with Crippen LogP contribution >= 0.6 is 22.9 Å². The molecule has 0 saturated carbocycles. The van der Waals surface area contributed by atoms with Crippen molar-refractivity contribution < 1.29 is 0 Å². The van der Waals surface area contributed by atoms with Gasteiger partial charge in [-0.25, -0.2) is 0 Å². The Morgan fingerprint density at radius 3 is 2.44 bits per heavy atom. The second-order valence-electron chi connectivity index (χ2n) is 4.19. The first-order chi connectivity index (χ1) is 7.59. The molecule has 84 valence electrons. The molecule has 0 saturated heterocycles. The lowest BCUT2D eigenvalue weighted by atomic mass is 10.0. The molecule has 0 amide bonds. The second kappa shape index (κ2) is 4.60. The van der Waals surface area contributed by atoms with Crippen molar-refractivity contribution >= 4 is 22.9 Å². The SMILES string of the molecule is Cc1ccc(C)c(C(Cl)c2sccc2C)c1. The second-order valence-corrected chi connectivity index (χ2v) is 5.57. The maximum Gasteiger partial charge on any atom is 0.0933 e. The highest BCUT2D eigenvalue weighted by Crippen LogP contribution is 2.36. The van der Waals surface area contributed by atoms with Crippen molar-refractivity contribution in [1.29, 1.82) is 0 Å². The minimum absolute atomic E-state index is 0.0140. The summed E-state index contributed by atoms with van der Waals surface area (Å²) in [5, 5.41) is 2.09. The molecule has 0 radical (unpaired) electrons. The van der Waals surface area contributed by atoms with Gasteiger partial charge in [0.05, 0.1) is 5.38 Å². The topological polar surface area (TPSA) is 0 Å². The number of benzene rings is 1. The molecule has 2 rings (SSSR count). The van der Waals surface area contributed by atoms with E-state index in [9.17, 15) is 0 Å². The Balaban J connectivity index is 2.45. The summed E-state index contributed by atoms with van der Waals surface area (Å²) >= 11 is 8.30. The number of thiophene rings is 1. The Bertz CT molecular complexity index is 499. The van der Waals surface area contributed by atoms with Gasteiger partial charge in [-0.1, -0.05) is 23.8 Å². The van der Waals surface area contributed by atoms with E-state index in [2.05, 4.69) is 50.4 Å². The van der Waals surface area contributed by atoms with Crippen LogP contribution in [0.1, 0.15) is 32.5 Å². The number of halogens is 1. The molecule has 0 spiro atoms. The summed E-state index contributed by atoms with van der Waals surface area (Å²) in [4.78, 5) is 1.26. The number of alkyl halides is 1. The predicted octanol–water partition coefficient (Wildman–Crippen LogP) is 5.00. The molecule has 0 aliphatic carbocycles. The highest BCUT2D eigenvalue weighted by Gasteiger charge is 2.16. The number of aryl methyl sites for hydroxylation is 3. The summed E-state index contributed by atoms with van der Waals surface area (Å²) in [6, 6.07) is 8.58. The summed E-state index contributed by atoms with van der Waals surface area (Å²) in [5.74, 6) is 0. The van der Waals surface area contributed by atoms with Crippen LogP contribution in [0.3, 0.4) is 0 Å². The zero-order chi connectivity index (χ0) is 11.7. The average Bonchev–Trinajstić information content (AvgIpc) is 2.67. The molecular formula is C14H15ClS. The van der Waals surface area contributed by atoms with E-state index in [4.69, 9.17) is 11.6 Å². The lowest BCUT2D eigenvalue weighted by Crippen LogP contribution is -1.96. The van der Waals surface area contributed by atoms with Crippen LogP contribution in [-0.4, -0.2) is 0 Å². The normalized spacial score (nSPS) is 12.8. The number of rotatable bonds is 2. The van der Waals surface area contributed by atoms with Gasteiger partial charge in [0.1, 0.15) is 0 Å². The molecule has 1 aromatic carbocycles. The third-order valence-electron chi connectivity index (χ3n) is 2.84. The van der Waals surface area contributed by atoms with E-state index < -0.39 is 0 Å². The van der Waals surface area contributed by atoms with Crippen molar-refractivity contribution in [2.24, 2.45) is 0 Å². The fraction of sp³-hybridized carbons (Fsp3) is 0.286. The van der Waals surface area contributed by atoms with Crippen LogP contribution < -0.4 is 0 Å². The van der Waals surface area contributed by atoms with E-state index in [1.807, 2.05) is 0 Å². The Labute approximate surface area is 106 Å². The zero-order valence-electron chi connectivity index (χ0n) is 9.75. The van der Waals surface area contributed by atoms with Crippen molar-refractivity contribution in [1.82, 2.24) is 0 Å². The van der Waals surface area contributed by atoms with Crippen LogP contribution in [0.4, 0.5) is 0 Å². The van der Waals surface area contributed by atoms with E-state index >= 15 is 0 Å². The highest BCUT2D eigenvalue weighted by atomic mass is 35.5. The molecule has 16 heavy (non-hydrogen) atoms. The van der Waals surface area contributed by atoms with Gasteiger partial charge in [0.2, 0.25) is 0 Å². The summed E-state index contributed by atoms with van der Waals surface area (Å²) in [6.45, 7) is 6.34. The first-order valence-electron chi connectivity index (χ1n) is 5.35. The van der Waals surface area contributed by atoms with Crippen LogP contribution in [0, 0.1) is 20.8 Å². The maximum atomic E-state index is 6.57. The van der Waals surface area contributed by atoms with E-state index in [0.29, 0.717) is 0 Å². The summed E-state index contributed by atoms with van der Waals surface area (Å²) < 4.78 is 0. The first kappa shape index (κ1) is 11.7. The average molecular weight is 251 g/mol. The fourth-order valence-electron chi connectivity index (χ4n) is 1.82. The molecule has 1 aromatic heterocycles. The molecule has 1 heterocycles. The van der Waals surface area contributed by atoms with Crippen molar-refractivity contribution in [2.45, 2.75) is 26.1 Å². The summed E-state index contributed by atoms with van der Waals surface area (Å²) in [5.41, 5.74) is 5.04. The molecule has 2 heteroatoms. The number of hydrogen-bond acceptors (Lipinski definition) is 1. The minimum Gasteiger partial charge on any atom is -0.147 e. The van der Waals surface area contributed by atoms with E-state index in [1.165, 1.54) is 27.1 Å². The van der Waals surface area contributed by atoms with Gasteiger partial charge in [0, 0.05) is 4.88 Å². The van der Waals surface area contributed by atoms with Gasteiger partial charge in [-0.15, -0.1) is 22.9 Å². The minimum atomic E-state index is -0.0140. The van der Waals surface area contributed by atoms with Gasteiger partial charge >= 0.3 is 0 Å². The Morgan fingerprint density at radius 1 is 1.06 bits per heavy atom. The Hall–Kier alpha value is -0.790. The quantitative estimate of drug-likeness (QED) is 0.658. The van der Waals surface area contributed by atoms with Gasteiger partial charge in [-0.2, -0.15) is 0 Å².